The molecule has 0 amide bonds. The summed E-state index contributed by atoms with van der Waals surface area (Å²) in [5.74, 6) is 3.60. The highest BCUT2D eigenvalue weighted by Gasteiger charge is 1.98. The minimum absolute atomic E-state index is 0.792. The molecule has 4 heteroatoms. The van der Waals surface area contributed by atoms with Gasteiger partial charge in [-0.2, -0.15) is 11.8 Å². The fraction of sp³-hybridized carbons (Fsp3) is 0.500. The van der Waals surface area contributed by atoms with E-state index in [0.717, 1.165) is 16.3 Å². The molecule has 1 heterocycles. The zero-order chi connectivity index (χ0) is 10.2. The van der Waals surface area contributed by atoms with Crippen molar-refractivity contribution in [3.8, 4) is 0 Å². The molecular weight excluding hydrogens is 212 g/mol. The standard InChI is InChI=1S/C10H16N2S2/c1-2-13-6-3-7-14-10-4-5-12-8-9(10)11/h4-5,8H,2-3,6-7,11H2,1H3. The van der Waals surface area contributed by atoms with Gasteiger partial charge in [0.25, 0.3) is 0 Å². The van der Waals surface area contributed by atoms with Crippen molar-refractivity contribution < 1.29 is 0 Å². The van der Waals surface area contributed by atoms with Crippen molar-refractivity contribution >= 4 is 29.2 Å². The van der Waals surface area contributed by atoms with Gasteiger partial charge in [0.05, 0.1) is 11.9 Å². The molecule has 1 rings (SSSR count). The van der Waals surface area contributed by atoms with Gasteiger partial charge in [0.15, 0.2) is 0 Å². The van der Waals surface area contributed by atoms with E-state index in [1.54, 1.807) is 12.4 Å². The molecule has 0 aliphatic rings. The zero-order valence-corrected chi connectivity index (χ0v) is 10.0. The predicted molar refractivity (Wildman–Crippen MR) is 67.0 cm³/mol. The first-order valence-corrected chi connectivity index (χ1v) is 6.88. The number of thioether (sulfide) groups is 2. The Morgan fingerprint density at radius 1 is 1.43 bits per heavy atom. The molecule has 0 aromatic carbocycles. The summed E-state index contributed by atoms with van der Waals surface area (Å²) >= 11 is 3.81. The number of rotatable bonds is 6. The number of hydrogen-bond donors (Lipinski definition) is 1. The lowest BCUT2D eigenvalue weighted by Gasteiger charge is -2.03. The van der Waals surface area contributed by atoms with Crippen molar-refractivity contribution in [1.82, 2.24) is 4.98 Å². The molecule has 0 fully saturated rings. The molecule has 2 nitrogen and oxygen atoms in total. The van der Waals surface area contributed by atoms with Crippen LogP contribution in [0, 0.1) is 0 Å². The second-order valence-corrected chi connectivity index (χ2v) is 5.34. The van der Waals surface area contributed by atoms with E-state index in [1.807, 2.05) is 29.6 Å². The Morgan fingerprint density at radius 3 is 3.00 bits per heavy atom. The van der Waals surface area contributed by atoms with Crippen LogP contribution in [-0.4, -0.2) is 22.2 Å². The van der Waals surface area contributed by atoms with Gasteiger partial charge in [0.2, 0.25) is 0 Å². The van der Waals surface area contributed by atoms with E-state index in [9.17, 15) is 0 Å². The van der Waals surface area contributed by atoms with Gasteiger partial charge in [-0.25, -0.2) is 0 Å². The Bertz CT molecular complexity index is 266. The number of pyridine rings is 1. The Kier molecular flexibility index (Phi) is 5.87. The number of aromatic nitrogens is 1. The number of nitrogens with zero attached hydrogens (tertiary/aromatic N) is 1. The smallest absolute Gasteiger partial charge is 0.0638 e. The molecule has 0 saturated carbocycles. The van der Waals surface area contributed by atoms with E-state index in [0.29, 0.717) is 0 Å². The van der Waals surface area contributed by atoms with Gasteiger partial charge in [-0.1, -0.05) is 6.92 Å². The average molecular weight is 228 g/mol. The van der Waals surface area contributed by atoms with Gasteiger partial charge in [0.1, 0.15) is 0 Å². The lowest BCUT2D eigenvalue weighted by atomic mass is 10.4. The summed E-state index contributed by atoms with van der Waals surface area (Å²) in [5.41, 5.74) is 6.57. The first-order chi connectivity index (χ1) is 6.84. The van der Waals surface area contributed by atoms with Gasteiger partial charge >= 0.3 is 0 Å². The summed E-state index contributed by atoms with van der Waals surface area (Å²) in [7, 11) is 0. The van der Waals surface area contributed by atoms with Crippen LogP contribution in [0.25, 0.3) is 0 Å². The number of nitrogen functional groups attached to an aromatic ring is 1. The average Bonchev–Trinajstić information content (AvgIpc) is 2.20. The van der Waals surface area contributed by atoms with Crippen molar-refractivity contribution in [2.75, 3.05) is 23.0 Å². The van der Waals surface area contributed by atoms with Crippen LogP contribution in [0.5, 0.6) is 0 Å². The summed E-state index contributed by atoms with van der Waals surface area (Å²) in [6.07, 6.45) is 4.74. The first kappa shape index (κ1) is 11.7. The number of anilines is 1. The fourth-order valence-electron chi connectivity index (χ4n) is 1.01. The van der Waals surface area contributed by atoms with Crippen LogP contribution < -0.4 is 5.73 Å². The van der Waals surface area contributed by atoms with Gasteiger partial charge in [-0.3, -0.25) is 4.98 Å². The third-order valence-electron chi connectivity index (χ3n) is 1.70. The largest absolute Gasteiger partial charge is 0.397 e. The molecule has 0 atom stereocenters. The molecule has 0 aliphatic carbocycles. The maximum absolute atomic E-state index is 5.77. The van der Waals surface area contributed by atoms with Gasteiger partial charge in [-0.15, -0.1) is 11.8 Å². The van der Waals surface area contributed by atoms with Crippen LogP contribution in [0.4, 0.5) is 5.69 Å². The summed E-state index contributed by atoms with van der Waals surface area (Å²) in [6.45, 7) is 2.19. The Balaban J connectivity index is 2.21. The minimum atomic E-state index is 0.792. The van der Waals surface area contributed by atoms with Gasteiger partial charge in [0, 0.05) is 11.1 Å². The monoisotopic (exact) mass is 228 g/mol. The van der Waals surface area contributed by atoms with E-state index in [-0.39, 0.29) is 0 Å². The third-order valence-corrected chi connectivity index (χ3v) is 3.87. The molecule has 0 saturated heterocycles. The highest BCUT2D eigenvalue weighted by atomic mass is 32.2. The predicted octanol–water partition coefficient (Wildman–Crippen LogP) is 2.90. The molecule has 0 unspecified atom stereocenters. The third kappa shape index (κ3) is 4.24. The Morgan fingerprint density at radius 2 is 2.29 bits per heavy atom. The fourth-order valence-corrected chi connectivity index (χ4v) is 2.72. The van der Waals surface area contributed by atoms with Crippen molar-refractivity contribution in [2.24, 2.45) is 0 Å². The minimum Gasteiger partial charge on any atom is -0.397 e. The van der Waals surface area contributed by atoms with Gasteiger partial charge < -0.3 is 5.73 Å². The summed E-state index contributed by atoms with van der Waals surface area (Å²) in [6, 6.07) is 1.98. The first-order valence-electron chi connectivity index (χ1n) is 4.74. The Hall–Kier alpha value is -0.350. The van der Waals surface area contributed by atoms with E-state index < -0.39 is 0 Å². The molecule has 0 radical (unpaired) electrons. The number of nitrogens with two attached hydrogens (primary N) is 1. The molecule has 0 aliphatic heterocycles. The quantitative estimate of drug-likeness (QED) is 0.600. The molecule has 78 valence electrons. The molecule has 0 bridgehead atoms. The molecule has 2 N–H and O–H groups in total. The van der Waals surface area contributed by atoms with Crippen molar-refractivity contribution in [1.29, 1.82) is 0 Å². The van der Waals surface area contributed by atoms with Crippen LogP contribution in [0.2, 0.25) is 0 Å². The summed E-state index contributed by atoms with van der Waals surface area (Å²) < 4.78 is 0. The topological polar surface area (TPSA) is 38.9 Å². The maximum atomic E-state index is 5.77. The van der Waals surface area contributed by atoms with E-state index in [4.69, 9.17) is 5.73 Å². The van der Waals surface area contributed by atoms with Crippen LogP contribution in [-0.2, 0) is 0 Å². The van der Waals surface area contributed by atoms with Crippen LogP contribution in [0.15, 0.2) is 23.4 Å². The van der Waals surface area contributed by atoms with Gasteiger partial charge in [-0.05, 0) is 29.7 Å². The molecule has 14 heavy (non-hydrogen) atoms. The Labute approximate surface area is 94.1 Å². The van der Waals surface area contributed by atoms with Crippen molar-refractivity contribution in [2.45, 2.75) is 18.2 Å². The number of hydrogen-bond acceptors (Lipinski definition) is 4. The highest BCUT2D eigenvalue weighted by molar-refractivity contribution is 8.00. The lowest BCUT2D eigenvalue weighted by Crippen LogP contribution is -1.91. The summed E-state index contributed by atoms with van der Waals surface area (Å²) in [5, 5.41) is 0. The zero-order valence-electron chi connectivity index (χ0n) is 8.40. The van der Waals surface area contributed by atoms with Crippen LogP contribution in [0.1, 0.15) is 13.3 Å². The molecule has 1 aromatic heterocycles. The second-order valence-electron chi connectivity index (χ2n) is 2.81. The second kappa shape index (κ2) is 7.01. The molecule has 0 spiro atoms. The van der Waals surface area contributed by atoms with E-state index in [2.05, 4.69) is 11.9 Å². The van der Waals surface area contributed by atoms with Crippen molar-refractivity contribution in [3.05, 3.63) is 18.5 Å². The molecule has 1 aromatic rings. The normalized spacial score (nSPS) is 10.4. The summed E-state index contributed by atoms with van der Waals surface area (Å²) in [4.78, 5) is 5.11. The van der Waals surface area contributed by atoms with E-state index in [1.165, 1.54) is 17.9 Å². The van der Waals surface area contributed by atoms with Crippen LogP contribution >= 0.6 is 23.5 Å². The van der Waals surface area contributed by atoms with E-state index >= 15 is 0 Å². The lowest BCUT2D eigenvalue weighted by molar-refractivity contribution is 1.12. The highest BCUT2D eigenvalue weighted by Crippen LogP contribution is 2.24. The SMILES string of the molecule is CCSCCCSc1ccncc1N. The molecular formula is C10H16N2S2. The van der Waals surface area contributed by atoms with Crippen LogP contribution in [0.3, 0.4) is 0 Å². The van der Waals surface area contributed by atoms with Crippen molar-refractivity contribution in [3.63, 3.8) is 0 Å². The maximum Gasteiger partial charge on any atom is 0.0638 e.